The Bertz CT molecular complexity index is 1490. The number of fused-ring (bicyclic) bond motifs is 1. The summed E-state index contributed by atoms with van der Waals surface area (Å²) in [5.41, 5.74) is 0.468. The number of amides is 1. The van der Waals surface area contributed by atoms with Gasteiger partial charge in [-0.1, -0.05) is 52.5 Å². The summed E-state index contributed by atoms with van der Waals surface area (Å²) in [6.07, 6.45) is 6.02. The van der Waals surface area contributed by atoms with Crippen molar-refractivity contribution in [3.8, 4) is 0 Å². The molecule has 0 radical (unpaired) electrons. The van der Waals surface area contributed by atoms with Crippen LogP contribution in [0.25, 0.3) is 0 Å². The Morgan fingerprint density at radius 3 is 2.46 bits per heavy atom. The van der Waals surface area contributed by atoms with Crippen LogP contribution in [0.1, 0.15) is 15.9 Å². The normalized spacial score (nSPS) is 15.3. The van der Waals surface area contributed by atoms with Crippen LogP contribution in [-0.2, 0) is 21.2 Å². The zero-order chi connectivity index (χ0) is 26.9. The van der Waals surface area contributed by atoms with Gasteiger partial charge in [-0.2, -0.15) is 0 Å². The van der Waals surface area contributed by atoms with E-state index in [9.17, 15) is 23.1 Å². The van der Waals surface area contributed by atoms with Crippen LogP contribution in [0.15, 0.2) is 65.5 Å². The average Bonchev–Trinajstić information content (AvgIpc) is 3.31. The van der Waals surface area contributed by atoms with Crippen LogP contribution in [-0.4, -0.2) is 35.7 Å². The van der Waals surface area contributed by atoms with Crippen molar-refractivity contribution in [1.29, 1.82) is 0 Å². The highest BCUT2D eigenvalue weighted by atomic mass is 35.5. The summed E-state index contributed by atoms with van der Waals surface area (Å²) in [5, 5.41) is 12.6. The highest BCUT2D eigenvalue weighted by molar-refractivity contribution is 7.97. The first-order chi connectivity index (χ1) is 17.5. The molecular weight excluding hydrogens is 606 g/mol. The molecule has 4 N–H and O–H groups in total. The summed E-state index contributed by atoms with van der Waals surface area (Å²) < 4.78 is 33.3. The molecule has 0 unspecified atom stereocenters. The van der Waals surface area contributed by atoms with E-state index in [4.69, 9.17) is 46.4 Å². The molecule has 0 spiro atoms. The Morgan fingerprint density at radius 2 is 1.76 bits per heavy atom. The molecule has 0 aromatic heterocycles. The van der Waals surface area contributed by atoms with Gasteiger partial charge in [0.1, 0.15) is 10.9 Å². The highest BCUT2D eigenvalue weighted by Gasteiger charge is 2.31. The van der Waals surface area contributed by atoms with Gasteiger partial charge in [-0.15, -0.1) is 0 Å². The lowest BCUT2D eigenvalue weighted by Crippen LogP contribution is -2.42. The minimum atomic E-state index is -4.21. The summed E-state index contributed by atoms with van der Waals surface area (Å²) in [4.78, 5) is 25.0. The third kappa shape index (κ3) is 6.14. The largest absolute Gasteiger partial charge is 0.480 e. The first-order valence-electron chi connectivity index (χ1n) is 10.3. The third-order valence-electron chi connectivity index (χ3n) is 5.17. The minimum absolute atomic E-state index is 0.0158. The second-order valence-corrected chi connectivity index (χ2v) is 11.8. The number of carboxylic acid groups (broad SMARTS) is 1. The fourth-order valence-electron chi connectivity index (χ4n) is 3.42. The number of aliphatic carboxylic acids is 1. The Morgan fingerprint density at radius 1 is 1.05 bits per heavy atom. The molecule has 2 aromatic carbocycles. The smallest absolute Gasteiger partial charge is 0.326 e. The molecule has 2 aliphatic heterocycles. The van der Waals surface area contributed by atoms with Gasteiger partial charge < -0.3 is 15.1 Å². The summed E-state index contributed by atoms with van der Waals surface area (Å²) >= 11 is 25.3. The van der Waals surface area contributed by atoms with E-state index >= 15 is 0 Å². The van der Waals surface area contributed by atoms with Gasteiger partial charge in [0, 0.05) is 18.8 Å². The maximum atomic E-state index is 13.3. The van der Waals surface area contributed by atoms with Crippen LogP contribution in [0.5, 0.6) is 0 Å². The number of hydrogen-bond acceptors (Lipinski definition) is 7. The standard InChI is InChI=1S/C22H16Cl4N4O5S2/c23-13-4-3-11(6-14(13)24)7-18(22(32)33)28-21(31)12-8-15(25)16(26)9-17(12)29-37(34,35)20-2-1-5-30-19(20)10-27-36-30/h1-6,8-10,18,27,29H,7H2,(H,28,31)(H,32,33)/t18-/m0/s1. The number of carbonyl (C=O) groups excluding carboxylic acids is 1. The Hall–Kier alpha value is -2.54. The molecule has 0 bridgehead atoms. The van der Waals surface area contributed by atoms with Crippen LogP contribution in [0, 0.1) is 0 Å². The molecule has 4 rings (SSSR count). The van der Waals surface area contributed by atoms with Crippen molar-refractivity contribution in [2.45, 2.75) is 12.5 Å². The van der Waals surface area contributed by atoms with Crippen molar-refractivity contribution in [3.63, 3.8) is 0 Å². The molecular formula is C22H16Cl4N4O5S2. The number of anilines is 1. The SMILES string of the molecule is O=C(N[C@@H](Cc1ccc(Cl)c(Cl)c1)C(=O)O)c1cc(Cl)c(Cl)cc1NS(=O)(=O)C1=CC=CN2SNC=C12. The molecule has 2 heterocycles. The zero-order valence-electron chi connectivity index (χ0n) is 18.3. The van der Waals surface area contributed by atoms with Crippen molar-refractivity contribution >= 4 is 86.1 Å². The highest BCUT2D eigenvalue weighted by Crippen LogP contribution is 2.36. The maximum Gasteiger partial charge on any atom is 0.326 e. The van der Waals surface area contributed by atoms with Gasteiger partial charge in [-0.3, -0.25) is 13.8 Å². The number of benzene rings is 2. The number of hydrogen-bond donors (Lipinski definition) is 4. The molecule has 194 valence electrons. The van der Waals surface area contributed by atoms with Gasteiger partial charge in [0.25, 0.3) is 15.9 Å². The first kappa shape index (κ1) is 27.5. The predicted octanol–water partition coefficient (Wildman–Crippen LogP) is 5.19. The number of rotatable bonds is 8. The van der Waals surface area contributed by atoms with E-state index in [1.165, 1.54) is 42.6 Å². The molecule has 1 atom stereocenters. The van der Waals surface area contributed by atoms with Crippen LogP contribution in [0.2, 0.25) is 20.1 Å². The van der Waals surface area contributed by atoms with E-state index < -0.39 is 27.9 Å². The van der Waals surface area contributed by atoms with E-state index in [1.807, 2.05) is 0 Å². The Labute approximate surface area is 236 Å². The van der Waals surface area contributed by atoms with Crippen LogP contribution < -0.4 is 14.8 Å². The Kier molecular flexibility index (Phi) is 8.22. The lowest BCUT2D eigenvalue weighted by Gasteiger charge is -2.22. The number of halogens is 4. The first-order valence-corrected chi connectivity index (χ1v) is 14.0. The van der Waals surface area contributed by atoms with Crippen molar-refractivity contribution in [1.82, 2.24) is 14.3 Å². The van der Waals surface area contributed by atoms with Crippen molar-refractivity contribution < 1.29 is 23.1 Å². The molecule has 9 nitrogen and oxygen atoms in total. The monoisotopic (exact) mass is 620 g/mol. The number of allylic oxidation sites excluding steroid dienone is 2. The average molecular weight is 622 g/mol. The van der Waals surface area contributed by atoms with Gasteiger partial charge in [-0.25, -0.2) is 13.2 Å². The molecule has 2 aromatic rings. The van der Waals surface area contributed by atoms with Gasteiger partial charge >= 0.3 is 5.97 Å². The van der Waals surface area contributed by atoms with E-state index in [-0.39, 0.29) is 37.6 Å². The molecule has 37 heavy (non-hydrogen) atoms. The van der Waals surface area contributed by atoms with Gasteiger partial charge in [0.05, 0.1) is 49.2 Å². The molecule has 0 aliphatic carbocycles. The predicted molar refractivity (Wildman–Crippen MR) is 146 cm³/mol. The molecule has 0 fully saturated rings. The number of nitrogens with zero attached hydrogens (tertiary/aromatic N) is 1. The lowest BCUT2D eigenvalue weighted by molar-refractivity contribution is -0.139. The summed E-state index contributed by atoms with van der Waals surface area (Å²) in [6.45, 7) is 0. The van der Waals surface area contributed by atoms with Crippen LogP contribution in [0.4, 0.5) is 5.69 Å². The molecule has 2 aliphatic rings. The van der Waals surface area contributed by atoms with E-state index in [2.05, 4.69) is 14.8 Å². The summed E-state index contributed by atoms with van der Waals surface area (Å²) in [5.74, 6) is -2.21. The molecule has 1 amide bonds. The molecule has 0 saturated heterocycles. The van der Waals surface area contributed by atoms with E-state index in [1.54, 1.807) is 22.6 Å². The number of nitrogens with one attached hydrogen (secondary N) is 3. The zero-order valence-corrected chi connectivity index (χ0v) is 23.0. The quantitative estimate of drug-likeness (QED) is 0.297. The minimum Gasteiger partial charge on any atom is -0.480 e. The van der Waals surface area contributed by atoms with Gasteiger partial charge in [0.15, 0.2) is 0 Å². The topological polar surface area (TPSA) is 128 Å². The molecule has 15 heteroatoms. The maximum absolute atomic E-state index is 13.3. The second-order valence-electron chi connectivity index (χ2n) is 7.67. The van der Waals surface area contributed by atoms with Crippen molar-refractivity contribution in [2.75, 3.05) is 4.72 Å². The summed E-state index contributed by atoms with van der Waals surface area (Å²) in [7, 11) is -4.21. The number of carbonyl (C=O) groups is 2. The fraction of sp³-hybridized carbons (Fsp3) is 0.0909. The lowest BCUT2D eigenvalue weighted by atomic mass is 10.0. The number of sulfonamides is 1. The van der Waals surface area contributed by atoms with E-state index in [0.29, 0.717) is 16.3 Å². The van der Waals surface area contributed by atoms with E-state index in [0.717, 1.165) is 6.07 Å². The molecule has 0 saturated carbocycles. The summed E-state index contributed by atoms with van der Waals surface area (Å²) in [6, 6.07) is 5.53. The Balaban J connectivity index is 1.62. The van der Waals surface area contributed by atoms with Crippen LogP contribution in [0.3, 0.4) is 0 Å². The van der Waals surface area contributed by atoms with Crippen LogP contribution >= 0.6 is 58.5 Å². The fourth-order valence-corrected chi connectivity index (χ4v) is 6.04. The van der Waals surface area contributed by atoms with Crippen molar-refractivity contribution in [3.05, 3.63) is 96.7 Å². The second kappa shape index (κ2) is 11.1. The number of carboxylic acids is 1. The third-order valence-corrected chi connectivity index (χ3v) is 8.78. The van der Waals surface area contributed by atoms with Crippen molar-refractivity contribution in [2.24, 2.45) is 0 Å². The van der Waals surface area contributed by atoms with Gasteiger partial charge in [-0.05, 0) is 42.0 Å². The van der Waals surface area contributed by atoms with Gasteiger partial charge in [0.2, 0.25) is 0 Å².